The molecular weight excluding hydrogens is 371 g/mol. The van der Waals surface area contributed by atoms with Crippen LogP contribution in [-0.4, -0.2) is 16.1 Å². The van der Waals surface area contributed by atoms with E-state index < -0.39 is 29.2 Å². The van der Waals surface area contributed by atoms with Crippen LogP contribution in [0.3, 0.4) is 0 Å². The Hall–Kier alpha value is -3.39. The van der Waals surface area contributed by atoms with Crippen LogP contribution in [0.4, 0.5) is 29.5 Å². The van der Waals surface area contributed by atoms with Gasteiger partial charge in [-0.15, -0.1) is 0 Å². The first-order valence-electron chi connectivity index (χ1n) is 8.24. The van der Waals surface area contributed by atoms with Gasteiger partial charge < -0.3 is 10.8 Å². The number of carbonyl (C=O) groups is 1. The van der Waals surface area contributed by atoms with Crippen molar-refractivity contribution in [2.75, 3.05) is 4.90 Å². The highest BCUT2D eigenvalue weighted by atomic mass is 19.1. The van der Waals surface area contributed by atoms with Gasteiger partial charge in [0.2, 0.25) is 0 Å². The molecule has 0 aliphatic rings. The minimum atomic E-state index is -1.14. The quantitative estimate of drug-likeness (QED) is 0.705. The number of hydrogen-bond acceptors (Lipinski definition) is 3. The van der Waals surface area contributed by atoms with Gasteiger partial charge in [0.1, 0.15) is 29.0 Å². The summed E-state index contributed by atoms with van der Waals surface area (Å²) in [5.41, 5.74) is 6.34. The van der Waals surface area contributed by atoms with E-state index in [9.17, 15) is 23.1 Å². The summed E-state index contributed by atoms with van der Waals surface area (Å²) in [6, 6.07) is 8.72. The molecule has 0 saturated heterocycles. The van der Waals surface area contributed by atoms with E-state index >= 15 is 0 Å². The molecule has 1 aromatic heterocycles. The number of pyridine rings is 1. The highest BCUT2D eigenvalue weighted by molar-refractivity contribution is 5.98. The number of aliphatic hydroxyl groups excluding tert-OH is 1. The SMILES string of the molecule is Cc1cc(F)ccc1-c1nc(N(C(N)=O)c2c(F)cccc2F)ccc1CO. The van der Waals surface area contributed by atoms with Crippen molar-refractivity contribution in [2.45, 2.75) is 13.5 Å². The van der Waals surface area contributed by atoms with Crippen molar-refractivity contribution in [3.05, 3.63) is 77.1 Å². The number of carbonyl (C=O) groups excluding carboxylic acids is 1. The van der Waals surface area contributed by atoms with Crippen LogP contribution in [0.15, 0.2) is 48.5 Å². The topological polar surface area (TPSA) is 79.5 Å². The Kier molecular flexibility index (Phi) is 5.32. The maximum absolute atomic E-state index is 14.2. The Bertz CT molecular complexity index is 1040. The zero-order valence-electron chi connectivity index (χ0n) is 14.8. The average molecular weight is 387 g/mol. The molecule has 0 radical (unpaired) electrons. The lowest BCUT2D eigenvalue weighted by molar-refractivity contribution is 0.255. The highest BCUT2D eigenvalue weighted by Crippen LogP contribution is 2.33. The summed E-state index contributed by atoms with van der Waals surface area (Å²) in [4.78, 5) is 16.9. The second-order valence-electron chi connectivity index (χ2n) is 6.04. The number of aryl methyl sites for hydroxylation is 1. The van der Waals surface area contributed by atoms with Crippen LogP contribution < -0.4 is 10.6 Å². The van der Waals surface area contributed by atoms with Gasteiger partial charge in [0.05, 0.1) is 12.3 Å². The summed E-state index contributed by atoms with van der Waals surface area (Å²) >= 11 is 0. The number of urea groups is 1. The van der Waals surface area contributed by atoms with Crippen LogP contribution in [0.25, 0.3) is 11.3 Å². The summed E-state index contributed by atoms with van der Waals surface area (Å²) < 4.78 is 41.9. The molecule has 28 heavy (non-hydrogen) atoms. The number of benzene rings is 2. The summed E-state index contributed by atoms with van der Waals surface area (Å²) in [7, 11) is 0. The molecule has 5 nitrogen and oxygen atoms in total. The predicted molar refractivity (Wildman–Crippen MR) is 98.4 cm³/mol. The Morgan fingerprint density at radius 1 is 1.11 bits per heavy atom. The first-order chi connectivity index (χ1) is 13.3. The summed E-state index contributed by atoms with van der Waals surface area (Å²) in [6.45, 7) is 1.26. The van der Waals surface area contributed by atoms with E-state index in [4.69, 9.17) is 5.73 Å². The third-order valence-electron chi connectivity index (χ3n) is 4.19. The van der Waals surface area contributed by atoms with Crippen molar-refractivity contribution in [3.8, 4) is 11.3 Å². The lowest BCUT2D eigenvalue weighted by Crippen LogP contribution is -2.33. The van der Waals surface area contributed by atoms with Crippen LogP contribution in [-0.2, 0) is 6.61 Å². The monoisotopic (exact) mass is 387 g/mol. The van der Waals surface area contributed by atoms with Crippen LogP contribution in [0, 0.1) is 24.4 Å². The molecule has 0 fully saturated rings. The maximum Gasteiger partial charge on any atom is 0.325 e. The van der Waals surface area contributed by atoms with Crippen molar-refractivity contribution in [1.29, 1.82) is 0 Å². The van der Waals surface area contributed by atoms with Crippen molar-refractivity contribution in [2.24, 2.45) is 5.73 Å². The highest BCUT2D eigenvalue weighted by Gasteiger charge is 2.25. The molecule has 1 heterocycles. The summed E-state index contributed by atoms with van der Waals surface area (Å²) in [6.07, 6.45) is 0. The van der Waals surface area contributed by atoms with Crippen LogP contribution in [0.2, 0.25) is 0 Å². The number of rotatable bonds is 4. The number of amides is 2. The molecule has 2 aromatic carbocycles. The molecule has 0 unspecified atom stereocenters. The van der Waals surface area contributed by atoms with Gasteiger partial charge in [-0.3, -0.25) is 0 Å². The molecule has 2 amide bonds. The van der Waals surface area contributed by atoms with Gasteiger partial charge in [-0.25, -0.2) is 27.8 Å². The van der Waals surface area contributed by atoms with E-state index in [1.807, 2.05) is 0 Å². The van der Waals surface area contributed by atoms with Crippen LogP contribution >= 0.6 is 0 Å². The number of halogens is 3. The largest absolute Gasteiger partial charge is 0.392 e. The molecule has 3 rings (SSSR count). The minimum absolute atomic E-state index is 0.146. The Labute approximate surface area is 158 Å². The molecule has 0 spiro atoms. The van der Waals surface area contributed by atoms with E-state index in [1.165, 1.54) is 30.3 Å². The predicted octanol–water partition coefficient (Wildman–Crippen LogP) is 4.18. The number of aromatic nitrogens is 1. The Morgan fingerprint density at radius 2 is 1.79 bits per heavy atom. The molecular formula is C20H16F3N3O2. The number of anilines is 2. The summed E-state index contributed by atoms with van der Waals surface area (Å²) in [5.74, 6) is -2.58. The van der Waals surface area contributed by atoms with Gasteiger partial charge in [0.25, 0.3) is 0 Å². The second kappa shape index (κ2) is 7.69. The van der Waals surface area contributed by atoms with Gasteiger partial charge >= 0.3 is 6.03 Å². The number of para-hydroxylation sites is 1. The van der Waals surface area contributed by atoms with Crippen molar-refractivity contribution in [3.63, 3.8) is 0 Å². The van der Waals surface area contributed by atoms with E-state index in [2.05, 4.69) is 4.98 Å². The van der Waals surface area contributed by atoms with Gasteiger partial charge in [-0.2, -0.15) is 0 Å². The first kappa shape index (κ1) is 19.4. The average Bonchev–Trinajstić information content (AvgIpc) is 2.64. The smallest absolute Gasteiger partial charge is 0.325 e. The molecule has 3 N–H and O–H groups in total. The fraction of sp³-hybridized carbons (Fsp3) is 0.100. The number of nitrogens with two attached hydrogens (primary N) is 1. The maximum atomic E-state index is 14.2. The van der Waals surface area contributed by atoms with E-state index in [-0.39, 0.29) is 18.1 Å². The van der Waals surface area contributed by atoms with Gasteiger partial charge in [0.15, 0.2) is 0 Å². The Balaban J connectivity index is 2.23. The number of nitrogens with zero attached hydrogens (tertiary/aromatic N) is 2. The number of aliphatic hydroxyl groups is 1. The fourth-order valence-electron chi connectivity index (χ4n) is 2.90. The van der Waals surface area contributed by atoms with Crippen LogP contribution in [0.5, 0.6) is 0 Å². The molecule has 0 saturated carbocycles. The van der Waals surface area contributed by atoms with Crippen LogP contribution in [0.1, 0.15) is 11.1 Å². The normalized spacial score (nSPS) is 10.8. The van der Waals surface area contributed by atoms with Gasteiger partial charge in [-0.1, -0.05) is 12.1 Å². The van der Waals surface area contributed by atoms with E-state index in [0.717, 1.165) is 18.2 Å². The number of hydrogen-bond donors (Lipinski definition) is 2. The Morgan fingerprint density at radius 3 is 2.36 bits per heavy atom. The minimum Gasteiger partial charge on any atom is -0.392 e. The molecule has 0 aliphatic carbocycles. The molecule has 0 atom stereocenters. The molecule has 8 heteroatoms. The molecule has 3 aromatic rings. The zero-order chi connectivity index (χ0) is 20.4. The fourth-order valence-corrected chi connectivity index (χ4v) is 2.90. The molecule has 144 valence electrons. The van der Waals surface area contributed by atoms with E-state index in [0.29, 0.717) is 21.6 Å². The van der Waals surface area contributed by atoms with Crippen molar-refractivity contribution in [1.82, 2.24) is 4.98 Å². The number of primary amides is 1. The van der Waals surface area contributed by atoms with Gasteiger partial charge in [0, 0.05) is 11.1 Å². The first-order valence-corrected chi connectivity index (χ1v) is 8.24. The third kappa shape index (κ3) is 3.54. The lowest BCUT2D eigenvalue weighted by atomic mass is 10.0. The summed E-state index contributed by atoms with van der Waals surface area (Å²) in [5, 5.41) is 9.63. The molecule has 0 bridgehead atoms. The van der Waals surface area contributed by atoms with Gasteiger partial charge in [-0.05, 0) is 48.9 Å². The standard InChI is InChI=1S/C20H16F3N3O2/c1-11-9-13(21)6-7-14(11)18-12(10-27)5-8-17(25-18)26(20(24)28)19-15(22)3-2-4-16(19)23/h2-9,27H,10H2,1H3,(H2,24,28). The van der Waals surface area contributed by atoms with E-state index in [1.54, 1.807) is 6.92 Å². The van der Waals surface area contributed by atoms with Crippen molar-refractivity contribution >= 4 is 17.5 Å². The lowest BCUT2D eigenvalue weighted by Gasteiger charge is -2.22. The zero-order valence-corrected chi connectivity index (χ0v) is 14.8. The molecule has 0 aliphatic heterocycles. The third-order valence-corrected chi connectivity index (χ3v) is 4.19. The van der Waals surface area contributed by atoms with Crippen molar-refractivity contribution < 1.29 is 23.1 Å². The second-order valence-corrected chi connectivity index (χ2v) is 6.04.